The standard InChI is InChI=1S/C16H15Cl2N3O2/c17-12-2-1-11(9-13(12)18)15(22)10-4-7-21(8-5-10)16(23)14-3-6-19-20-14/h1-3,6,9-10H,4-5,7-8H2,(H,19,20). The number of rotatable bonds is 3. The summed E-state index contributed by atoms with van der Waals surface area (Å²) in [7, 11) is 0. The predicted octanol–water partition coefficient (Wildman–Crippen LogP) is 3.45. The lowest BCUT2D eigenvalue weighted by atomic mass is 9.89. The summed E-state index contributed by atoms with van der Waals surface area (Å²) < 4.78 is 0. The minimum atomic E-state index is -0.0990. The number of hydrogen-bond acceptors (Lipinski definition) is 3. The Hall–Kier alpha value is -1.85. The maximum absolute atomic E-state index is 12.5. The van der Waals surface area contributed by atoms with E-state index in [2.05, 4.69) is 10.2 Å². The number of aromatic nitrogens is 2. The average molecular weight is 352 g/mol. The minimum Gasteiger partial charge on any atom is -0.337 e. The lowest BCUT2D eigenvalue weighted by molar-refractivity contribution is 0.0645. The molecule has 3 rings (SSSR count). The summed E-state index contributed by atoms with van der Waals surface area (Å²) in [6.45, 7) is 1.10. The Balaban J connectivity index is 1.63. The Labute approximate surface area is 143 Å². The van der Waals surface area contributed by atoms with Gasteiger partial charge in [-0.3, -0.25) is 14.7 Å². The van der Waals surface area contributed by atoms with E-state index >= 15 is 0 Å². The number of H-pyrrole nitrogens is 1. The van der Waals surface area contributed by atoms with Gasteiger partial charge in [0.25, 0.3) is 5.91 Å². The average Bonchev–Trinajstić information content (AvgIpc) is 3.11. The van der Waals surface area contributed by atoms with Gasteiger partial charge in [0.15, 0.2) is 5.78 Å². The van der Waals surface area contributed by atoms with Crippen LogP contribution in [0.25, 0.3) is 0 Å². The molecule has 7 heteroatoms. The molecule has 23 heavy (non-hydrogen) atoms. The van der Waals surface area contributed by atoms with E-state index in [9.17, 15) is 9.59 Å². The Morgan fingerprint density at radius 3 is 2.48 bits per heavy atom. The number of aromatic amines is 1. The fourth-order valence-corrected chi connectivity index (χ4v) is 3.07. The molecule has 2 heterocycles. The zero-order valence-electron chi connectivity index (χ0n) is 12.3. The van der Waals surface area contributed by atoms with Gasteiger partial charge >= 0.3 is 0 Å². The molecule has 2 aromatic rings. The van der Waals surface area contributed by atoms with E-state index < -0.39 is 0 Å². The Kier molecular flexibility index (Phi) is 4.68. The first-order valence-electron chi connectivity index (χ1n) is 7.34. The highest BCUT2D eigenvalue weighted by atomic mass is 35.5. The van der Waals surface area contributed by atoms with Crippen molar-refractivity contribution in [2.75, 3.05) is 13.1 Å². The van der Waals surface area contributed by atoms with Gasteiger partial charge in [-0.05, 0) is 37.1 Å². The molecule has 0 aliphatic carbocycles. The van der Waals surface area contributed by atoms with E-state index in [1.807, 2.05) is 0 Å². The molecule has 1 amide bonds. The molecule has 0 unspecified atom stereocenters. The summed E-state index contributed by atoms with van der Waals surface area (Å²) >= 11 is 11.9. The third kappa shape index (κ3) is 3.41. The number of nitrogens with zero attached hydrogens (tertiary/aromatic N) is 2. The Morgan fingerprint density at radius 2 is 1.87 bits per heavy atom. The molecule has 1 aromatic carbocycles. The topological polar surface area (TPSA) is 66.1 Å². The third-order valence-electron chi connectivity index (χ3n) is 4.09. The summed E-state index contributed by atoms with van der Waals surface area (Å²) in [6, 6.07) is 6.58. The van der Waals surface area contributed by atoms with Gasteiger partial charge in [-0.1, -0.05) is 23.2 Å². The van der Waals surface area contributed by atoms with Crippen LogP contribution in [-0.4, -0.2) is 39.9 Å². The van der Waals surface area contributed by atoms with Crippen molar-refractivity contribution in [3.8, 4) is 0 Å². The summed E-state index contributed by atoms with van der Waals surface area (Å²) in [5.41, 5.74) is 1.04. The second kappa shape index (κ2) is 6.72. The SMILES string of the molecule is O=C(c1ccc(Cl)c(Cl)c1)C1CCN(C(=O)c2ccn[nH]2)CC1. The van der Waals surface area contributed by atoms with Gasteiger partial charge in [-0.2, -0.15) is 5.10 Å². The zero-order valence-corrected chi connectivity index (χ0v) is 13.8. The molecular weight excluding hydrogens is 337 g/mol. The van der Waals surface area contributed by atoms with Crippen molar-refractivity contribution in [2.45, 2.75) is 12.8 Å². The smallest absolute Gasteiger partial charge is 0.271 e. The highest BCUT2D eigenvalue weighted by Gasteiger charge is 2.29. The molecule has 0 bridgehead atoms. The number of hydrogen-bond donors (Lipinski definition) is 1. The molecule has 0 atom stereocenters. The van der Waals surface area contributed by atoms with Crippen LogP contribution in [0, 0.1) is 5.92 Å². The van der Waals surface area contributed by atoms with E-state index in [4.69, 9.17) is 23.2 Å². The summed E-state index contributed by atoms with van der Waals surface area (Å²) in [5.74, 6) is -0.127. The number of halogens is 2. The van der Waals surface area contributed by atoms with Gasteiger partial charge in [0.05, 0.1) is 10.0 Å². The first kappa shape index (κ1) is 16.0. The molecule has 1 saturated heterocycles. The summed E-state index contributed by atoms with van der Waals surface area (Å²) in [4.78, 5) is 26.5. The van der Waals surface area contributed by atoms with E-state index in [1.54, 1.807) is 35.4 Å². The Bertz CT molecular complexity index is 723. The number of likely N-dealkylation sites (tertiary alicyclic amines) is 1. The number of carbonyl (C=O) groups is 2. The Morgan fingerprint density at radius 1 is 1.13 bits per heavy atom. The van der Waals surface area contributed by atoms with E-state index in [1.165, 1.54) is 0 Å². The normalized spacial score (nSPS) is 15.7. The molecule has 5 nitrogen and oxygen atoms in total. The monoisotopic (exact) mass is 351 g/mol. The van der Waals surface area contributed by atoms with E-state index in [0.29, 0.717) is 47.2 Å². The lowest BCUT2D eigenvalue weighted by Gasteiger charge is -2.31. The van der Waals surface area contributed by atoms with Crippen molar-refractivity contribution in [3.63, 3.8) is 0 Å². The lowest BCUT2D eigenvalue weighted by Crippen LogP contribution is -2.40. The van der Waals surface area contributed by atoms with Crippen LogP contribution in [0.4, 0.5) is 0 Å². The number of benzene rings is 1. The van der Waals surface area contributed by atoms with Crippen LogP contribution in [-0.2, 0) is 0 Å². The number of piperidine rings is 1. The second-order valence-electron chi connectivity index (χ2n) is 5.53. The molecule has 1 N–H and O–H groups in total. The van der Waals surface area contributed by atoms with Crippen LogP contribution in [0.3, 0.4) is 0 Å². The largest absolute Gasteiger partial charge is 0.337 e. The van der Waals surface area contributed by atoms with Gasteiger partial charge in [0, 0.05) is 30.8 Å². The predicted molar refractivity (Wildman–Crippen MR) is 88.0 cm³/mol. The van der Waals surface area contributed by atoms with Crippen molar-refractivity contribution >= 4 is 34.9 Å². The number of nitrogens with one attached hydrogen (secondary N) is 1. The highest BCUT2D eigenvalue weighted by molar-refractivity contribution is 6.42. The van der Waals surface area contributed by atoms with Crippen LogP contribution in [0.2, 0.25) is 10.0 Å². The van der Waals surface area contributed by atoms with Crippen LogP contribution >= 0.6 is 23.2 Å². The number of ketones is 1. The number of carbonyl (C=O) groups excluding carboxylic acids is 2. The van der Waals surface area contributed by atoms with Crippen molar-refractivity contribution in [1.82, 2.24) is 15.1 Å². The molecule has 1 aromatic heterocycles. The van der Waals surface area contributed by atoms with Gasteiger partial charge < -0.3 is 4.90 Å². The first-order valence-corrected chi connectivity index (χ1v) is 8.10. The minimum absolute atomic E-state index is 0.0530. The number of Topliss-reactive ketones (excluding diaryl/α,β-unsaturated/α-hetero) is 1. The van der Waals surface area contributed by atoms with Crippen LogP contribution in [0.5, 0.6) is 0 Å². The first-order chi connectivity index (χ1) is 11.1. The molecule has 1 fully saturated rings. The van der Waals surface area contributed by atoms with Gasteiger partial charge in [0.2, 0.25) is 0 Å². The molecule has 0 saturated carbocycles. The van der Waals surface area contributed by atoms with Gasteiger partial charge in [-0.15, -0.1) is 0 Å². The molecule has 120 valence electrons. The second-order valence-corrected chi connectivity index (χ2v) is 6.34. The number of amides is 1. The van der Waals surface area contributed by atoms with Crippen molar-refractivity contribution < 1.29 is 9.59 Å². The maximum atomic E-state index is 12.5. The summed E-state index contributed by atoms with van der Waals surface area (Å²) in [5, 5.41) is 7.27. The molecule has 0 spiro atoms. The van der Waals surface area contributed by atoms with Gasteiger partial charge in [0.1, 0.15) is 5.69 Å². The fourth-order valence-electron chi connectivity index (χ4n) is 2.78. The van der Waals surface area contributed by atoms with Crippen molar-refractivity contribution in [1.29, 1.82) is 0 Å². The fraction of sp³-hybridized carbons (Fsp3) is 0.312. The quantitative estimate of drug-likeness (QED) is 0.861. The zero-order chi connectivity index (χ0) is 16.4. The molecule has 0 radical (unpaired) electrons. The molecular formula is C16H15Cl2N3O2. The van der Waals surface area contributed by atoms with Gasteiger partial charge in [-0.25, -0.2) is 0 Å². The maximum Gasteiger partial charge on any atom is 0.271 e. The van der Waals surface area contributed by atoms with Crippen molar-refractivity contribution in [3.05, 3.63) is 51.8 Å². The highest BCUT2D eigenvalue weighted by Crippen LogP contribution is 2.27. The molecule has 1 aliphatic heterocycles. The van der Waals surface area contributed by atoms with Crippen molar-refractivity contribution in [2.24, 2.45) is 5.92 Å². The summed E-state index contributed by atoms with van der Waals surface area (Å²) in [6.07, 6.45) is 2.83. The van der Waals surface area contributed by atoms with Crippen LogP contribution in [0.1, 0.15) is 33.7 Å². The third-order valence-corrected chi connectivity index (χ3v) is 4.83. The van der Waals surface area contributed by atoms with E-state index in [-0.39, 0.29) is 17.6 Å². The van der Waals surface area contributed by atoms with Crippen LogP contribution in [0.15, 0.2) is 30.5 Å². The molecule has 1 aliphatic rings. The van der Waals surface area contributed by atoms with Crippen LogP contribution < -0.4 is 0 Å². The van der Waals surface area contributed by atoms with E-state index in [0.717, 1.165) is 0 Å².